The summed E-state index contributed by atoms with van der Waals surface area (Å²) >= 11 is 0. The number of esters is 1. The summed E-state index contributed by atoms with van der Waals surface area (Å²) in [6, 6.07) is 0.606. The topological polar surface area (TPSA) is 55.3 Å². The van der Waals surface area contributed by atoms with E-state index in [2.05, 4.69) is 26.5 Å². The molecule has 1 aromatic heterocycles. The van der Waals surface area contributed by atoms with E-state index in [1.165, 1.54) is 26.1 Å². The van der Waals surface area contributed by atoms with E-state index in [1.54, 1.807) is 6.20 Å². The molecule has 2 rings (SSSR count). The van der Waals surface area contributed by atoms with E-state index in [9.17, 15) is 4.79 Å². The number of anilines is 1. The second-order valence-corrected chi connectivity index (χ2v) is 4.53. The number of rotatable bonds is 6. The first-order chi connectivity index (χ1) is 8.76. The van der Waals surface area contributed by atoms with Gasteiger partial charge in [-0.05, 0) is 19.3 Å². The van der Waals surface area contributed by atoms with Crippen LogP contribution in [0.5, 0.6) is 0 Å². The first-order valence-electron chi connectivity index (χ1n) is 6.43. The first-order valence-corrected chi connectivity index (χ1v) is 6.43. The summed E-state index contributed by atoms with van der Waals surface area (Å²) in [6.07, 6.45) is 7.92. The lowest BCUT2D eigenvalue weighted by Crippen LogP contribution is -2.28. The highest BCUT2D eigenvalue weighted by molar-refractivity contribution is 5.86. The second kappa shape index (κ2) is 5.80. The van der Waals surface area contributed by atoms with Crippen molar-refractivity contribution in [2.45, 2.75) is 38.6 Å². The first kappa shape index (κ1) is 12.8. The molecule has 0 bridgehead atoms. The molecule has 0 unspecified atom stereocenters. The van der Waals surface area contributed by atoms with Crippen molar-refractivity contribution < 1.29 is 9.53 Å². The monoisotopic (exact) mass is 249 g/mol. The van der Waals surface area contributed by atoms with E-state index < -0.39 is 5.97 Å². The van der Waals surface area contributed by atoms with Crippen LogP contribution in [0.4, 0.5) is 5.82 Å². The fraction of sp³-hybridized carbons (Fsp3) is 0.615. The molecule has 0 aliphatic heterocycles. The van der Waals surface area contributed by atoms with Crippen molar-refractivity contribution in [2.75, 3.05) is 18.6 Å². The number of ether oxygens (including phenoxy) is 1. The molecule has 5 heteroatoms. The Hall–Kier alpha value is -1.65. The molecule has 0 aromatic carbocycles. The summed E-state index contributed by atoms with van der Waals surface area (Å²) in [7, 11) is 1.34. The highest BCUT2D eigenvalue weighted by atomic mass is 16.5. The van der Waals surface area contributed by atoms with Crippen LogP contribution in [0.2, 0.25) is 0 Å². The van der Waals surface area contributed by atoms with Crippen LogP contribution in [0.25, 0.3) is 0 Å². The minimum absolute atomic E-state index is 0.257. The third-order valence-electron chi connectivity index (χ3n) is 3.07. The fourth-order valence-corrected chi connectivity index (χ4v) is 1.88. The molecule has 0 N–H and O–H groups in total. The maximum atomic E-state index is 11.3. The van der Waals surface area contributed by atoms with Gasteiger partial charge in [0, 0.05) is 12.6 Å². The minimum atomic E-state index is -0.444. The van der Waals surface area contributed by atoms with Crippen molar-refractivity contribution in [2.24, 2.45) is 0 Å². The molecule has 5 nitrogen and oxygen atoms in total. The van der Waals surface area contributed by atoms with Gasteiger partial charge in [-0.3, -0.25) is 0 Å². The van der Waals surface area contributed by atoms with Gasteiger partial charge in [0.1, 0.15) is 5.82 Å². The number of methoxy groups -OCH3 is 1. The Bertz CT molecular complexity index is 401. The Labute approximate surface area is 107 Å². The van der Waals surface area contributed by atoms with Crippen LogP contribution in [0.1, 0.15) is 43.1 Å². The average Bonchev–Trinajstić information content (AvgIpc) is 3.24. The minimum Gasteiger partial charge on any atom is -0.464 e. The van der Waals surface area contributed by atoms with Crippen molar-refractivity contribution in [1.82, 2.24) is 9.97 Å². The standard InChI is InChI=1S/C13H19N3O2/c1-3-4-7-16(10-5-6-10)12-9-14-11(8-15-12)13(17)18-2/h8-10H,3-7H2,1-2H3. The summed E-state index contributed by atoms with van der Waals surface area (Å²) in [4.78, 5) is 22.0. The quantitative estimate of drug-likeness (QED) is 0.722. The zero-order valence-electron chi connectivity index (χ0n) is 10.9. The van der Waals surface area contributed by atoms with Gasteiger partial charge in [0.25, 0.3) is 0 Å². The number of hydrogen-bond acceptors (Lipinski definition) is 5. The van der Waals surface area contributed by atoms with E-state index in [-0.39, 0.29) is 5.69 Å². The van der Waals surface area contributed by atoms with Crippen molar-refractivity contribution in [3.8, 4) is 0 Å². The van der Waals surface area contributed by atoms with Crippen LogP contribution in [0.3, 0.4) is 0 Å². The molecule has 1 fully saturated rings. The van der Waals surface area contributed by atoms with Gasteiger partial charge >= 0.3 is 5.97 Å². The van der Waals surface area contributed by atoms with Gasteiger partial charge in [-0.1, -0.05) is 13.3 Å². The molecule has 98 valence electrons. The maximum Gasteiger partial charge on any atom is 0.358 e. The fourth-order valence-electron chi connectivity index (χ4n) is 1.88. The summed E-state index contributed by atoms with van der Waals surface area (Å²) < 4.78 is 4.61. The largest absolute Gasteiger partial charge is 0.464 e. The molecule has 1 saturated carbocycles. The van der Waals surface area contributed by atoms with Gasteiger partial charge in [-0.2, -0.15) is 0 Å². The van der Waals surface area contributed by atoms with Crippen molar-refractivity contribution in [3.05, 3.63) is 18.1 Å². The lowest BCUT2D eigenvalue weighted by molar-refractivity contribution is 0.0593. The summed E-state index contributed by atoms with van der Waals surface area (Å²) in [5.74, 6) is 0.416. The molecule has 1 aromatic rings. The van der Waals surface area contributed by atoms with E-state index in [0.717, 1.165) is 25.2 Å². The SMILES string of the molecule is CCCCN(c1cnc(C(=O)OC)cn1)C1CC1. The molecular formula is C13H19N3O2. The number of nitrogens with zero attached hydrogens (tertiary/aromatic N) is 3. The zero-order valence-corrected chi connectivity index (χ0v) is 10.9. The molecule has 0 amide bonds. The Morgan fingerprint density at radius 3 is 2.72 bits per heavy atom. The highest BCUT2D eigenvalue weighted by Gasteiger charge is 2.29. The molecular weight excluding hydrogens is 230 g/mol. The molecule has 0 saturated heterocycles. The highest BCUT2D eigenvalue weighted by Crippen LogP contribution is 2.30. The summed E-state index contributed by atoms with van der Waals surface area (Å²) in [5, 5.41) is 0. The predicted octanol–water partition coefficient (Wildman–Crippen LogP) is 2.03. The predicted molar refractivity (Wildman–Crippen MR) is 68.6 cm³/mol. The van der Waals surface area contributed by atoms with Crippen LogP contribution in [-0.4, -0.2) is 35.6 Å². The molecule has 0 spiro atoms. The zero-order chi connectivity index (χ0) is 13.0. The number of carbonyl (C=O) groups excluding carboxylic acids is 1. The van der Waals surface area contributed by atoms with Crippen molar-refractivity contribution >= 4 is 11.8 Å². The van der Waals surface area contributed by atoms with E-state index in [1.807, 2.05) is 0 Å². The third kappa shape index (κ3) is 2.97. The van der Waals surface area contributed by atoms with Gasteiger partial charge in [-0.25, -0.2) is 14.8 Å². The number of unbranched alkanes of at least 4 members (excludes halogenated alkanes) is 1. The Morgan fingerprint density at radius 1 is 1.44 bits per heavy atom. The average molecular weight is 249 g/mol. The smallest absolute Gasteiger partial charge is 0.358 e. The molecule has 1 aliphatic carbocycles. The van der Waals surface area contributed by atoms with E-state index in [0.29, 0.717) is 6.04 Å². The van der Waals surface area contributed by atoms with Gasteiger partial charge in [0.15, 0.2) is 5.69 Å². The Kier molecular flexibility index (Phi) is 4.12. The number of aromatic nitrogens is 2. The van der Waals surface area contributed by atoms with Crippen LogP contribution in [0, 0.1) is 0 Å². The second-order valence-electron chi connectivity index (χ2n) is 4.53. The molecule has 0 atom stereocenters. The van der Waals surface area contributed by atoms with Gasteiger partial charge in [0.05, 0.1) is 19.5 Å². The lowest BCUT2D eigenvalue weighted by atomic mass is 10.3. The Balaban J connectivity index is 2.08. The number of hydrogen-bond donors (Lipinski definition) is 0. The molecule has 0 radical (unpaired) electrons. The van der Waals surface area contributed by atoms with Gasteiger partial charge < -0.3 is 9.64 Å². The van der Waals surface area contributed by atoms with Crippen LogP contribution >= 0.6 is 0 Å². The normalized spacial score (nSPS) is 14.3. The molecule has 18 heavy (non-hydrogen) atoms. The van der Waals surface area contributed by atoms with E-state index in [4.69, 9.17) is 0 Å². The third-order valence-corrected chi connectivity index (χ3v) is 3.07. The summed E-state index contributed by atoms with van der Waals surface area (Å²) in [5.41, 5.74) is 0.257. The summed E-state index contributed by atoms with van der Waals surface area (Å²) in [6.45, 7) is 3.19. The van der Waals surface area contributed by atoms with Crippen LogP contribution in [0.15, 0.2) is 12.4 Å². The van der Waals surface area contributed by atoms with Crippen molar-refractivity contribution in [1.29, 1.82) is 0 Å². The Morgan fingerprint density at radius 2 is 2.22 bits per heavy atom. The molecule has 1 aliphatic rings. The van der Waals surface area contributed by atoms with Crippen LogP contribution < -0.4 is 4.90 Å². The molecule has 1 heterocycles. The van der Waals surface area contributed by atoms with E-state index >= 15 is 0 Å². The lowest BCUT2D eigenvalue weighted by Gasteiger charge is -2.22. The number of carbonyl (C=O) groups is 1. The van der Waals surface area contributed by atoms with Crippen LogP contribution in [-0.2, 0) is 4.74 Å². The maximum absolute atomic E-state index is 11.3. The van der Waals surface area contributed by atoms with Crippen molar-refractivity contribution in [3.63, 3.8) is 0 Å². The van der Waals surface area contributed by atoms with Gasteiger partial charge in [0.2, 0.25) is 0 Å². The van der Waals surface area contributed by atoms with Gasteiger partial charge in [-0.15, -0.1) is 0 Å².